The number of amidine groups is 1. The van der Waals surface area contributed by atoms with E-state index in [1.165, 1.54) is 0 Å². The summed E-state index contributed by atoms with van der Waals surface area (Å²) in [5, 5.41) is 11.3. The summed E-state index contributed by atoms with van der Waals surface area (Å²) in [5.41, 5.74) is 2.15. The average molecular weight is 190 g/mol. The maximum absolute atomic E-state index is 10.4. The zero-order valence-corrected chi connectivity index (χ0v) is 7.53. The first-order chi connectivity index (χ1) is 6.77. The number of benzene rings is 1. The highest BCUT2D eigenvalue weighted by Gasteiger charge is 2.14. The Kier molecular flexibility index (Phi) is 2.18. The third-order valence-electron chi connectivity index (χ3n) is 2.09. The molecule has 0 unspecified atom stereocenters. The van der Waals surface area contributed by atoms with Crippen LogP contribution in [0.1, 0.15) is 11.1 Å². The number of hydrogen-bond donors (Lipinski definition) is 2. The van der Waals surface area contributed by atoms with Gasteiger partial charge in [0.05, 0.1) is 6.54 Å². The van der Waals surface area contributed by atoms with Gasteiger partial charge in [0.1, 0.15) is 12.4 Å². The van der Waals surface area contributed by atoms with E-state index in [4.69, 9.17) is 5.11 Å². The van der Waals surface area contributed by atoms with Gasteiger partial charge in [-0.05, 0) is 5.56 Å². The molecule has 0 saturated heterocycles. The number of carboxylic acid groups (broad SMARTS) is 1. The fourth-order valence-corrected chi connectivity index (χ4v) is 1.45. The second-order valence-electron chi connectivity index (χ2n) is 3.07. The quantitative estimate of drug-likeness (QED) is 0.718. The van der Waals surface area contributed by atoms with Gasteiger partial charge in [-0.25, -0.2) is 0 Å². The predicted octanol–water partition coefficient (Wildman–Crippen LogP) is 0.621. The van der Waals surface area contributed by atoms with Gasteiger partial charge in [0.25, 0.3) is 0 Å². The summed E-state index contributed by atoms with van der Waals surface area (Å²) < 4.78 is 0. The minimum Gasteiger partial charge on any atom is -0.480 e. The van der Waals surface area contributed by atoms with Crippen molar-refractivity contribution >= 4 is 11.8 Å². The molecule has 0 spiro atoms. The minimum absolute atomic E-state index is 0.0901. The molecular weight excluding hydrogens is 180 g/mol. The van der Waals surface area contributed by atoms with Crippen LogP contribution in [0.3, 0.4) is 0 Å². The molecule has 0 bridgehead atoms. The van der Waals surface area contributed by atoms with Crippen molar-refractivity contribution in [3.63, 3.8) is 0 Å². The van der Waals surface area contributed by atoms with E-state index in [0.717, 1.165) is 11.1 Å². The van der Waals surface area contributed by atoms with Gasteiger partial charge in [-0.15, -0.1) is 0 Å². The van der Waals surface area contributed by atoms with E-state index in [1.54, 1.807) is 0 Å². The molecular formula is C10H10N2O2. The molecule has 0 amide bonds. The van der Waals surface area contributed by atoms with Gasteiger partial charge in [0.2, 0.25) is 0 Å². The third-order valence-corrected chi connectivity index (χ3v) is 2.09. The zero-order chi connectivity index (χ0) is 9.97. The van der Waals surface area contributed by atoms with Crippen LogP contribution in [0.5, 0.6) is 0 Å². The molecule has 4 heteroatoms. The first-order valence-electron chi connectivity index (χ1n) is 4.36. The Morgan fingerprint density at radius 1 is 1.50 bits per heavy atom. The summed E-state index contributed by atoms with van der Waals surface area (Å²) in [6.07, 6.45) is 0. The van der Waals surface area contributed by atoms with E-state index < -0.39 is 5.97 Å². The summed E-state index contributed by atoms with van der Waals surface area (Å²) in [5.74, 6) is -0.194. The van der Waals surface area contributed by atoms with Crippen molar-refractivity contribution in [2.45, 2.75) is 6.54 Å². The molecule has 14 heavy (non-hydrogen) atoms. The first kappa shape index (κ1) is 8.74. The SMILES string of the molecule is O=C(O)CNC1=NCc2ccccc21. The molecule has 0 saturated carbocycles. The second-order valence-corrected chi connectivity index (χ2v) is 3.07. The molecule has 4 nitrogen and oxygen atoms in total. The van der Waals surface area contributed by atoms with Crippen molar-refractivity contribution < 1.29 is 9.90 Å². The van der Waals surface area contributed by atoms with Crippen LogP contribution < -0.4 is 5.32 Å². The maximum Gasteiger partial charge on any atom is 0.322 e. The van der Waals surface area contributed by atoms with Gasteiger partial charge in [0.15, 0.2) is 0 Å². The fourth-order valence-electron chi connectivity index (χ4n) is 1.45. The van der Waals surface area contributed by atoms with Crippen LogP contribution in [0.25, 0.3) is 0 Å². The number of hydrogen-bond acceptors (Lipinski definition) is 3. The van der Waals surface area contributed by atoms with Crippen molar-refractivity contribution in [3.05, 3.63) is 35.4 Å². The molecule has 2 rings (SSSR count). The molecule has 0 fully saturated rings. The molecule has 1 aromatic rings. The van der Waals surface area contributed by atoms with E-state index in [-0.39, 0.29) is 6.54 Å². The van der Waals surface area contributed by atoms with Gasteiger partial charge in [0, 0.05) is 5.56 Å². The highest BCUT2D eigenvalue weighted by atomic mass is 16.4. The molecule has 1 aliphatic rings. The first-order valence-corrected chi connectivity index (χ1v) is 4.36. The van der Waals surface area contributed by atoms with Gasteiger partial charge in [-0.2, -0.15) is 0 Å². The minimum atomic E-state index is -0.878. The van der Waals surface area contributed by atoms with E-state index in [0.29, 0.717) is 12.4 Å². The van der Waals surface area contributed by atoms with Crippen LogP contribution in [0.4, 0.5) is 0 Å². The van der Waals surface area contributed by atoms with Gasteiger partial charge >= 0.3 is 5.97 Å². The molecule has 0 aromatic heterocycles. The van der Waals surface area contributed by atoms with Crippen molar-refractivity contribution in [1.29, 1.82) is 0 Å². The van der Waals surface area contributed by atoms with Crippen LogP contribution >= 0.6 is 0 Å². The largest absolute Gasteiger partial charge is 0.480 e. The summed E-state index contributed by atoms with van der Waals surface area (Å²) >= 11 is 0. The third kappa shape index (κ3) is 1.59. The van der Waals surface area contributed by atoms with E-state index in [9.17, 15) is 4.79 Å². The summed E-state index contributed by atoms with van der Waals surface area (Å²) in [4.78, 5) is 14.6. The average Bonchev–Trinajstić information content (AvgIpc) is 2.58. The lowest BCUT2D eigenvalue weighted by molar-refractivity contribution is -0.135. The lowest BCUT2D eigenvalue weighted by Gasteiger charge is -2.03. The monoisotopic (exact) mass is 190 g/mol. The Labute approximate surface area is 81.3 Å². The zero-order valence-electron chi connectivity index (χ0n) is 7.53. The lowest BCUT2D eigenvalue weighted by Crippen LogP contribution is -2.29. The van der Waals surface area contributed by atoms with Crippen LogP contribution in [-0.2, 0) is 11.3 Å². The molecule has 1 heterocycles. The molecule has 1 aromatic carbocycles. The number of rotatable bonds is 2. The highest BCUT2D eigenvalue weighted by molar-refractivity contribution is 6.02. The van der Waals surface area contributed by atoms with Crippen molar-refractivity contribution in [1.82, 2.24) is 5.32 Å². The van der Waals surface area contributed by atoms with Gasteiger partial charge in [-0.3, -0.25) is 9.79 Å². The molecule has 72 valence electrons. The number of aliphatic carboxylic acids is 1. The topological polar surface area (TPSA) is 61.7 Å². The highest BCUT2D eigenvalue weighted by Crippen LogP contribution is 2.16. The van der Waals surface area contributed by atoms with Crippen molar-refractivity contribution in [3.8, 4) is 0 Å². The smallest absolute Gasteiger partial charge is 0.322 e. The predicted molar refractivity (Wildman–Crippen MR) is 52.3 cm³/mol. The molecule has 2 N–H and O–H groups in total. The Hall–Kier alpha value is -1.84. The van der Waals surface area contributed by atoms with E-state index in [2.05, 4.69) is 10.3 Å². The Morgan fingerprint density at radius 2 is 2.29 bits per heavy atom. The standard InChI is InChI=1S/C10H10N2O2/c13-9(14)6-12-10-8-4-2-1-3-7(8)5-11-10/h1-4H,5-6H2,(H,11,12)(H,13,14). The summed E-state index contributed by atoms with van der Waals surface area (Å²) in [6, 6.07) is 7.81. The van der Waals surface area contributed by atoms with Crippen molar-refractivity contribution in [2.24, 2.45) is 4.99 Å². The van der Waals surface area contributed by atoms with Crippen LogP contribution in [0, 0.1) is 0 Å². The van der Waals surface area contributed by atoms with Crippen LogP contribution in [-0.4, -0.2) is 23.5 Å². The number of nitrogens with one attached hydrogen (secondary N) is 1. The lowest BCUT2D eigenvalue weighted by atomic mass is 10.1. The molecule has 0 atom stereocenters. The summed E-state index contributed by atoms with van der Waals surface area (Å²) in [7, 11) is 0. The summed E-state index contributed by atoms with van der Waals surface area (Å²) in [6.45, 7) is 0.547. The number of nitrogens with zero attached hydrogens (tertiary/aromatic N) is 1. The van der Waals surface area contributed by atoms with E-state index >= 15 is 0 Å². The van der Waals surface area contributed by atoms with Gasteiger partial charge in [-0.1, -0.05) is 24.3 Å². The maximum atomic E-state index is 10.4. The Bertz CT molecular complexity index is 399. The molecule has 1 aliphatic heterocycles. The number of carboxylic acids is 1. The molecule has 0 aliphatic carbocycles. The Morgan fingerprint density at radius 3 is 3.07 bits per heavy atom. The van der Waals surface area contributed by atoms with E-state index in [1.807, 2.05) is 24.3 Å². The van der Waals surface area contributed by atoms with Crippen molar-refractivity contribution in [2.75, 3.05) is 6.54 Å². The molecule has 0 radical (unpaired) electrons. The van der Waals surface area contributed by atoms with Crippen LogP contribution in [0.15, 0.2) is 29.3 Å². The number of carbonyl (C=O) groups is 1. The van der Waals surface area contributed by atoms with Gasteiger partial charge < -0.3 is 10.4 Å². The second kappa shape index (κ2) is 3.49. The fraction of sp³-hybridized carbons (Fsp3) is 0.200. The van der Waals surface area contributed by atoms with Crippen LogP contribution in [0.2, 0.25) is 0 Å². The Balaban J connectivity index is 2.13. The number of fused-ring (bicyclic) bond motifs is 1. The number of aliphatic imine (C=N–C) groups is 1. The normalized spacial score (nSPS) is 13.3.